The van der Waals surface area contributed by atoms with E-state index in [-0.39, 0.29) is 0 Å². The Labute approximate surface area is 68.0 Å². The highest BCUT2D eigenvalue weighted by molar-refractivity contribution is 5.52. The van der Waals surface area contributed by atoms with Crippen LogP contribution in [0.3, 0.4) is 0 Å². The second-order valence-electron chi connectivity index (χ2n) is 2.97. The van der Waals surface area contributed by atoms with Crippen molar-refractivity contribution in [2.75, 3.05) is 20.1 Å². The molecule has 0 N–H and O–H groups in total. The van der Waals surface area contributed by atoms with Gasteiger partial charge in [-0.25, -0.2) is 0 Å². The molecule has 64 valence electrons. The van der Waals surface area contributed by atoms with Crippen LogP contribution in [0.15, 0.2) is 5.16 Å². The quantitative estimate of drug-likeness (QED) is 0.442. The first-order chi connectivity index (χ1) is 5.33. The molecule has 0 atom stereocenters. The fourth-order valence-electron chi connectivity index (χ4n) is 1.24. The average Bonchev–Trinajstić information content (AvgIpc) is 2.04. The predicted octanol–water partition coefficient (Wildman–Crippen LogP) is 1.10. The van der Waals surface area contributed by atoms with Crippen molar-refractivity contribution in [1.82, 2.24) is 4.90 Å². The maximum Gasteiger partial charge on any atom is 0.130 e. The van der Waals surface area contributed by atoms with Gasteiger partial charge in [0.1, 0.15) is 6.10 Å². The summed E-state index contributed by atoms with van der Waals surface area (Å²) in [6.45, 7) is 4.13. The standard InChI is InChI=1S/C8H16N2O/c1-3-9-11-8-4-6-10(2)7-5-8/h3,8H,4-7H2,1-2H3. The van der Waals surface area contributed by atoms with Gasteiger partial charge in [0.05, 0.1) is 0 Å². The molecule has 1 rings (SSSR count). The third kappa shape index (κ3) is 2.89. The minimum atomic E-state index is 0.349. The third-order valence-electron chi connectivity index (χ3n) is 1.98. The molecule has 1 aliphatic rings. The molecule has 0 bridgehead atoms. The molecule has 1 heterocycles. The minimum absolute atomic E-state index is 0.349. The summed E-state index contributed by atoms with van der Waals surface area (Å²) in [5.74, 6) is 0. The maximum atomic E-state index is 5.22. The number of piperidine rings is 1. The van der Waals surface area contributed by atoms with Crippen molar-refractivity contribution >= 4 is 6.21 Å². The highest BCUT2D eigenvalue weighted by atomic mass is 16.6. The molecule has 3 heteroatoms. The third-order valence-corrected chi connectivity index (χ3v) is 1.98. The van der Waals surface area contributed by atoms with Crippen LogP contribution in [0.1, 0.15) is 19.8 Å². The molecule has 3 nitrogen and oxygen atoms in total. The molecule has 0 amide bonds. The molecule has 1 fully saturated rings. The Morgan fingerprint density at radius 1 is 1.45 bits per heavy atom. The van der Waals surface area contributed by atoms with E-state index in [1.807, 2.05) is 6.92 Å². The van der Waals surface area contributed by atoms with Gasteiger partial charge in [0.15, 0.2) is 0 Å². The molecule has 0 radical (unpaired) electrons. The smallest absolute Gasteiger partial charge is 0.130 e. The number of rotatable bonds is 2. The van der Waals surface area contributed by atoms with Gasteiger partial charge in [0.2, 0.25) is 0 Å². The second-order valence-corrected chi connectivity index (χ2v) is 2.97. The topological polar surface area (TPSA) is 24.8 Å². The van der Waals surface area contributed by atoms with Gasteiger partial charge in [-0.05, 0) is 26.8 Å². The van der Waals surface area contributed by atoms with Crippen LogP contribution >= 0.6 is 0 Å². The molecule has 1 saturated heterocycles. The predicted molar refractivity (Wildman–Crippen MR) is 45.8 cm³/mol. The van der Waals surface area contributed by atoms with Crippen molar-refractivity contribution < 1.29 is 4.84 Å². The number of hydrogen-bond donors (Lipinski definition) is 0. The lowest BCUT2D eigenvalue weighted by atomic mass is 10.1. The molecule has 0 aromatic carbocycles. The summed E-state index contributed by atoms with van der Waals surface area (Å²) in [5.41, 5.74) is 0. The van der Waals surface area contributed by atoms with Gasteiger partial charge < -0.3 is 9.74 Å². The molecule has 0 aromatic heterocycles. The van der Waals surface area contributed by atoms with Crippen LogP contribution in [0, 0.1) is 0 Å². The zero-order chi connectivity index (χ0) is 8.10. The van der Waals surface area contributed by atoms with Gasteiger partial charge in [-0.15, -0.1) is 0 Å². The fourth-order valence-corrected chi connectivity index (χ4v) is 1.24. The van der Waals surface area contributed by atoms with Crippen molar-refractivity contribution in [3.05, 3.63) is 0 Å². The lowest BCUT2D eigenvalue weighted by molar-refractivity contribution is 0.0169. The summed E-state index contributed by atoms with van der Waals surface area (Å²) >= 11 is 0. The normalized spacial score (nSPS) is 22.7. The Hall–Kier alpha value is -0.570. The second kappa shape index (κ2) is 4.34. The lowest BCUT2D eigenvalue weighted by Crippen LogP contribution is -2.33. The summed E-state index contributed by atoms with van der Waals surface area (Å²) in [6, 6.07) is 0. The molecular weight excluding hydrogens is 140 g/mol. The average molecular weight is 156 g/mol. The Morgan fingerprint density at radius 3 is 2.64 bits per heavy atom. The first-order valence-corrected chi connectivity index (χ1v) is 4.15. The van der Waals surface area contributed by atoms with Crippen LogP contribution in [0.25, 0.3) is 0 Å². The van der Waals surface area contributed by atoms with Crippen molar-refractivity contribution in [3.8, 4) is 0 Å². The molecule has 0 aromatic rings. The monoisotopic (exact) mass is 156 g/mol. The van der Waals surface area contributed by atoms with Gasteiger partial charge >= 0.3 is 0 Å². The van der Waals surface area contributed by atoms with Gasteiger partial charge in [0.25, 0.3) is 0 Å². The van der Waals surface area contributed by atoms with Crippen LogP contribution < -0.4 is 0 Å². The van der Waals surface area contributed by atoms with Crippen LogP contribution in [0.2, 0.25) is 0 Å². The van der Waals surface area contributed by atoms with Crippen LogP contribution in [-0.4, -0.2) is 37.4 Å². The molecule has 0 saturated carbocycles. The van der Waals surface area contributed by atoms with E-state index in [1.165, 1.54) is 0 Å². The first kappa shape index (κ1) is 8.53. The number of hydrogen-bond acceptors (Lipinski definition) is 3. The lowest BCUT2D eigenvalue weighted by Gasteiger charge is -2.26. The molecule has 0 unspecified atom stereocenters. The van der Waals surface area contributed by atoms with Crippen molar-refractivity contribution in [2.24, 2.45) is 5.16 Å². The maximum absolute atomic E-state index is 5.22. The first-order valence-electron chi connectivity index (χ1n) is 4.15. The highest BCUT2D eigenvalue weighted by Gasteiger charge is 2.16. The van der Waals surface area contributed by atoms with E-state index in [0.717, 1.165) is 25.9 Å². The Morgan fingerprint density at radius 2 is 2.09 bits per heavy atom. The SMILES string of the molecule is CC=NOC1CCN(C)CC1. The molecule has 0 spiro atoms. The van der Waals surface area contributed by atoms with Gasteiger partial charge in [-0.1, -0.05) is 5.16 Å². The molecule has 0 aliphatic carbocycles. The van der Waals surface area contributed by atoms with Crippen LogP contribution in [0.4, 0.5) is 0 Å². The molecule has 1 aliphatic heterocycles. The van der Waals surface area contributed by atoms with Crippen LogP contribution in [-0.2, 0) is 4.84 Å². The van der Waals surface area contributed by atoms with Crippen LogP contribution in [0.5, 0.6) is 0 Å². The summed E-state index contributed by atoms with van der Waals surface area (Å²) in [4.78, 5) is 7.54. The fraction of sp³-hybridized carbons (Fsp3) is 0.875. The summed E-state index contributed by atoms with van der Waals surface area (Å²) in [7, 11) is 2.14. The zero-order valence-electron chi connectivity index (χ0n) is 7.29. The number of oxime groups is 1. The van der Waals surface area contributed by atoms with E-state index in [2.05, 4.69) is 17.1 Å². The Kier molecular flexibility index (Phi) is 3.36. The van der Waals surface area contributed by atoms with Gasteiger partial charge in [-0.3, -0.25) is 0 Å². The molecular formula is C8H16N2O. The van der Waals surface area contributed by atoms with E-state index in [0.29, 0.717) is 6.10 Å². The van der Waals surface area contributed by atoms with Crippen molar-refractivity contribution in [2.45, 2.75) is 25.9 Å². The van der Waals surface area contributed by atoms with Crippen molar-refractivity contribution in [3.63, 3.8) is 0 Å². The Bertz CT molecular complexity index is 128. The van der Waals surface area contributed by atoms with E-state index in [9.17, 15) is 0 Å². The van der Waals surface area contributed by atoms with Crippen molar-refractivity contribution in [1.29, 1.82) is 0 Å². The van der Waals surface area contributed by atoms with Gasteiger partial charge in [-0.2, -0.15) is 0 Å². The summed E-state index contributed by atoms with van der Waals surface area (Å²) in [6.07, 6.45) is 4.25. The Balaban J connectivity index is 2.17. The number of likely N-dealkylation sites (tertiary alicyclic amines) is 1. The van der Waals surface area contributed by atoms with Gasteiger partial charge in [0, 0.05) is 19.3 Å². The highest BCUT2D eigenvalue weighted by Crippen LogP contribution is 2.11. The summed E-state index contributed by atoms with van der Waals surface area (Å²) in [5, 5.41) is 3.78. The zero-order valence-corrected chi connectivity index (χ0v) is 7.29. The van der Waals surface area contributed by atoms with E-state index in [4.69, 9.17) is 4.84 Å². The molecule has 11 heavy (non-hydrogen) atoms. The number of nitrogens with zero attached hydrogens (tertiary/aromatic N) is 2. The summed E-state index contributed by atoms with van der Waals surface area (Å²) < 4.78 is 0. The van der Waals surface area contributed by atoms with E-state index >= 15 is 0 Å². The minimum Gasteiger partial charge on any atom is -0.393 e. The van der Waals surface area contributed by atoms with E-state index in [1.54, 1.807) is 6.21 Å². The van der Waals surface area contributed by atoms with E-state index < -0.39 is 0 Å². The largest absolute Gasteiger partial charge is 0.393 e.